The summed E-state index contributed by atoms with van der Waals surface area (Å²) in [6.45, 7) is 0.410. The lowest BCUT2D eigenvalue weighted by molar-refractivity contribution is 0.306. The molecule has 2 aromatic carbocycles. The molecule has 0 atom stereocenters. The molecular formula is C15H15ClN4O. The Labute approximate surface area is 127 Å². The molecule has 5 nitrogen and oxygen atoms in total. The van der Waals surface area contributed by atoms with E-state index in [0.29, 0.717) is 17.4 Å². The zero-order valence-corrected chi connectivity index (χ0v) is 12.0. The number of ether oxygens (including phenoxy) is 1. The van der Waals surface area contributed by atoms with Gasteiger partial charge in [0.2, 0.25) is 5.96 Å². The van der Waals surface area contributed by atoms with E-state index in [-0.39, 0.29) is 5.96 Å². The van der Waals surface area contributed by atoms with Crippen molar-refractivity contribution in [3.63, 3.8) is 0 Å². The maximum atomic E-state index is 5.94. The van der Waals surface area contributed by atoms with Gasteiger partial charge in [-0.2, -0.15) is 5.10 Å². The van der Waals surface area contributed by atoms with Crippen molar-refractivity contribution in [3.05, 3.63) is 64.7 Å². The van der Waals surface area contributed by atoms with E-state index in [0.717, 1.165) is 11.1 Å². The molecule has 108 valence electrons. The van der Waals surface area contributed by atoms with Crippen LogP contribution >= 0.6 is 11.6 Å². The van der Waals surface area contributed by atoms with E-state index < -0.39 is 0 Å². The van der Waals surface area contributed by atoms with E-state index in [2.05, 4.69) is 10.2 Å². The van der Waals surface area contributed by atoms with Gasteiger partial charge in [-0.1, -0.05) is 35.9 Å². The van der Waals surface area contributed by atoms with Crippen molar-refractivity contribution in [1.82, 2.24) is 0 Å². The Bertz CT molecular complexity index is 666. The number of rotatable bonds is 5. The van der Waals surface area contributed by atoms with Crippen LogP contribution in [-0.2, 0) is 6.61 Å². The van der Waals surface area contributed by atoms with Crippen LogP contribution in [0.3, 0.4) is 0 Å². The van der Waals surface area contributed by atoms with E-state index in [9.17, 15) is 0 Å². The first-order valence-corrected chi connectivity index (χ1v) is 6.61. The van der Waals surface area contributed by atoms with Crippen LogP contribution in [0.2, 0.25) is 5.02 Å². The minimum atomic E-state index is -0.0939. The second-order valence-electron chi connectivity index (χ2n) is 4.23. The largest absolute Gasteiger partial charge is 0.488 e. The second-order valence-corrected chi connectivity index (χ2v) is 4.66. The van der Waals surface area contributed by atoms with Crippen LogP contribution in [0.5, 0.6) is 5.75 Å². The van der Waals surface area contributed by atoms with E-state index in [4.69, 9.17) is 27.8 Å². The lowest BCUT2D eigenvalue weighted by Gasteiger charge is -2.09. The first-order chi connectivity index (χ1) is 10.1. The average Bonchev–Trinajstić information content (AvgIpc) is 2.46. The van der Waals surface area contributed by atoms with Gasteiger partial charge in [-0.15, -0.1) is 5.10 Å². The Morgan fingerprint density at radius 3 is 2.71 bits per heavy atom. The second kappa shape index (κ2) is 7.31. The van der Waals surface area contributed by atoms with Crippen LogP contribution in [0.15, 0.2) is 58.7 Å². The fraction of sp³-hybridized carbons (Fsp3) is 0.0667. The van der Waals surface area contributed by atoms with Gasteiger partial charge >= 0.3 is 0 Å². The number of hydrogen-bond acceptors (Lipinski definition) is 3. The maximum Gasteiger partial charge on any atom is 0.211 e. The molecule has 0 saturated heterocycles. The Hall–Kier alpha value is -2.53. The summed E-state index contributed by atoms with van der Waals surface area (Å²) in [5, 5.41) is 8.02. The summed E-state index contributed by atoms with van der Waals surface area (Å²) < 4.78 is 5.77. The minimum absolute atomic E-state index is 0.0939. The predicted molar refractivity (Wildman–Crippen MR) is 85.6 cm³/mol. The van der Waals surface area contributed by atoms with Crippen LogP contribution in [0.25, 0.3) is 0 Å². The van der Waals surface area contributed by atoms with Gasteiger partial charge in [0.1, 0.15) is 12.4 Å². The molecule has 0 fully saturated rings. The molecule has 0 aromatic heterocycles. The third kappa shape index (κ3) is 4.81. The molecular weight excluding hydrogens is 288 g/mol. The van der Waals surface area contributed by atoms with Crippen LogP contribution in [-0.4, -0.2) is 12.2 Å². The van der Waals surface area contributed by atoms with Crippen LogP contribution < -0.4 is 16.2 Å². The summed E-state index contributed by atoms with van der Waals surface area (Å²) in [6.07, 6.45) is 1.53. The SMILES string of the molecule is NC(N)=N/N=C/c1ccccc1OCc1cccc(Cl)c1. The number of nitrogens with two attached hydrogens (primary N) is 2. The van der Waals surface area contributed by atoms with Crippen molar-refractivity contribution in [2.24, 2.45) is 21.7 Å². The Balaban J connectivity index is 2.10. The smallest absolute Gasteiger partial charge is 0.211 e. The highest BCUT2D eigenvalue weighted by atomic mass is 35.5. The molecule has 2 rings (SSSR count). The molecule has 0 heterocycles. The average molecular weight is 303 g/mol. The molecule has 0 unspecified atom stereocenters. The van der Waals surface area contributed by atoms with Gasteiger partial charge in [0.25, 0.3) is 0 Å². The summed E-state index contributed by atoms with van der Waals surface area (Å²) >= 11 is 5.94. The van der Waals surface area contributed by atoms with Gasteiger partial charge in [-0.05, 0) is 29.8 Å². The predicted octanol–water partition coefficient (Wildman–Crippen LogP) is 2.53. The Kier molecular flexibility index (Phi) is 5.17. The van der Waals surface area contributed by atoms with E-state index in [1.165, 1.54) is 6.21 Å². The monoisotopic (exact) mass is 302 g/mol. The van der Waals surface area contributed by atoms with Gasteiger partial charge in [-0.3, -0.25) is 0 Å². The molecule has 0 aliphatic heterocycles. The quantitative estimate of drug-likeness (QED) is 0.505. The van der Waals surface area contributed by atoms with Crippen molar-refractivity contribution in [3.8, 4) is 5.75 Å². The van der Waals surface area contributed by atoms with Crippen LogP contribution in [0.1, 0.15) is 11.1 Å². The highest BCUT2D eigenvalue weighted by Crippen LogP contribution is 2.18. The summed E-state index contributed by atoms with van der Waals surface area (Å²) in [6, 6.07) is 15.0. The lowest BCUT2D eigenvalue weighted by Crippen LogP contribution is -2.21. The van der Waals surface area contributed by atoms with Gasteiger partial charge in [0.05, 0.1) is 6.21 Å². The van der Waals surface area contributed by atoms with E-state index >= 15 is 0 Å². The normalized spacial score (nSPS) is 10.5. The molecule has 0 radical (unpaired) electrons. The number of benzene rings is 2. The molecule has 6 heteroatoms. The number of para-hydroxylation sites is 1. The highest BCUT2D eigenvalue weighted by molar-refractivity contribution is 6.30. The summed E-state index contributed by atoms with van der Waals surface area (Å²) in [4.78, 5) is 0. The van der Waals surface area contributed by atoms with Gasteiger partial charge < -0.3 is 16.2 Å². The fourth-order valence-electron chi connectivity index (χ4n) is 1.66. The van der Waals surface area contributed by atoms with Crippen molar-refractivity contribution < 1.29 is 4.74 Å². The number of hydrogen-bond donors (Lipinski definition) is 2. The molecule has 0 aliphatic carbocycles. The maximum absolute atomic E-state index is 5.94. The van der Waals surface area contributed by atoms with Crippen molar-refractivity contribution in [2.75, 3.05) is 0 Å². The number of nitrogens with zero attached hydrogens (tertiary/aromatic N) is 2. The summed E-state index contributed by atoms with van der Waals surface area (Å²) in [5.74, 6) is 0.593. The first-order valence-electron chi connectivity index (χ1n) is 6.23. The van der Waals surface area contributed by atoms with Crippen molar-refractivity contribution in [2.45, 2.75) is 6.61 Å². The van der Waals surface area contributed by atoms with Crippen LogP contribution in [0.4, 0.5) is 0 Å². The van der Waals surface area contributed by atoms with E-state index in [1.807, 2.05) is 48.5 Å². The van der Waals surface area contributed by atoms with E-state index in [1.54, 1.807) is 0 Å². The first kappa shape index (κ1) is 14.9. The molecule has 2 aromatic rings. The zero-order valence-electron chi connectivity index (χ0n) is 11.2. The third-order valence-corrected chi connectivity index (χ3v) is 2.81. The van der Waals surface area contributed by atoms with Gasteiger partial charge in [0, 0.05) is 10.6 Å². The Morgan fingerprint density at radius 2 is 1.95 bits per heavy atom. The summed E-state index contributed by atoms with van der Waals surface area (Å²) in [7, 11) is 0. The van der Waals surface area contributed by atoms with Crippen LogP contribution in [0, 0.1) is 0 Å². The molecule has 0 spiro atoms. The Morgan fingerprint density at radius 1 is 1.14 bits per heavy atom. The molecule has 0 bridgehead atoms. The van der Waals surface area contributed by atoms with Gasteiger partial charge in [-0.25, -0.2) is 0 Å². The zero-order chi connectivity index (χ0) is 15.1. The minimum Gasteiger partial charge on any atom is -0.488 e. The molecule has 0 aliphatic rings. The lowest BCUT2D eigenvalue weighted by atomic mass is 10.2. The highest BCUT2D eigenvalue weighted by Gasteiger charge is 2.01. The topological polar surface area (TPSA) is 86.0 Å². The fourth-order valence-corrected chi connectivity index (χ4v) is 1.88. The van der Waals surface area contributed by atoms with Crippen molar-refractivity contribution >= 4 is 23.8 Å². The molecule has 0 amide bonds. The van der Waals surface area contributed by atoms with Gasteiger partial charge in [0.15, 0.2) is 0 Å². The standard InChI is InChI=1S/C15H15ClN4O/c16-13-6-3-4-11(8-13)10-21-14-7-2-1-5-12(14)9-19-20-15(17)18/h1-9H,10H2,(H4,17,18,20)/b19-9+. The third-order valence-electron chi connectivity index (χ3n) is 2.57. The number of halogens is 1. The molecule has 21 heavy (non-hydrogen) atoms. The summed E-state index contributed by atoms with van der Waals surface area (Å²) in [5.41, 5.74) is 12.2. The molecule has 4 N–H and O–H groups in total. The van der Waals surface area contributed by atoms with Crippen molar-refractivity contribution in [1.29, 1.82) is 0 Å². The molecule has 0 saturated carbocycles. The number of guanidine groups is 1.